The number of carbonyl (C=O) groups excluding carboxylic acids is 1. The number of aliphatic hydroxyl groups excluding tert-OH is 3. The molecule has 33 heavy (non-hydrogen) atoms. The van der Waals surface area contributed by atoms with Crippen molar-refractivity contribution >= 4 is 16.0 Å². The van der Waals surface area contributed by atoms with Crippen molar-refractivity contribution < 1.29 is 33.1 Å². The molecule has 0 aliphatic rings. The molecule has 0 saturated carbocycles. The van der Waals surface area contributed by atoms with Crippen LogP contribution in [-0.2, 0) is 14.9 Å². The van der Waals surface area contributed by atoms with Gasteiger partial charge in [-0.2, -0.15) is 8.42 Å². The van der Waals surface area contributed by atoms with Crippen LogP contribution in [0, 0.1) is 0 Å². The fourth-order valence-electron chi connectivity index (χ4n) is 3.27. The molecule has 0 bridgehead atoms. The Kier molecular flexibility index (Phi) is 25.4. The highest BCUT2D eigenvalue weighted by Gasteiger charge is 2.12. The van der Waals surface area contributed by atoms with Crippen molar-refractivity contribution in [3.63, 3.8) is 0 Å². The zero-order valence-corrected chi connectivity index (χ0v) is 21.8. The number of amides is 1. The average molecular weight is 499 g/mol. The van der Waals surface area contributed by atoms with Gasteiger partial charge >= 0.3 is 0 Å². The molecule has 0 aromatic heterocycles. The molecular weight excluding hydrogens is 448 g/mol. The van der Waals surface area contributed by atoms with Crippen molar-refractivity contribution in [1.82, 2.24) is 9.80 Å². The summed E-state index contributed by atoms with van der Waals surface area (Å²) in [5.41, 5.74) is 0. The predicted octanol–water partition coefficient (Wildman–Crippen LogP) is 2.30. The first kappa shape index (κ1) is 34.4. The lowest BCUT2D eigenvalue weighted by molar-refractivity contribution is -0.129. The molecule has 0 unspecified atom stereocenters. The van der Waals surface area contributed by atoms with Gasteiger partial charge in [0.25, 0.3) is 10.1 Å². The molecule has 0 radical (unpaired) electrons. The fourth-order valence-corrected chi connectivity index (χ4v) is 3.77. The Hall–Kier alpha value is -0.780. The number of hydrogen-bond acceptors (Lipinski definition) is 7. The SMILES string of the molecule is CCCCCCCCCCCCCC(=O)N(C)CCS(=O)(=O)O.OCCN(CCO)CCO. The summed E-state index contributed by atoms with van der Waals surface area (Å²) in [4.78, 5) is 14.9. The highest BCUT2D eigenvalue weighted by Crippen LogP contribution is 2.12. The second-order valence-corrected chi connectivity index (χ2v) is 9.97. The summed E-state index contributed by atoms with van der Waals surface area (Å²) in [6, 6.07) is 0. The number of hydrogen-bond donors (Lipinski definition) is 4. The van der Waals surface area contributed by atoms with Gasteiger partial charge in [-0.05, 0) is 6.42 Å². The number of unbranched alkanes of at least 4 members (excludes halogenated alkanes) is 10. The van der Waals surface area contributed by atoms with Crippen molar-refractivity contribution in [1.29, 1.82) is 0 Å². The Balaban J connectivity index is 0. The lowest BCUT2D eigenvalue weighted by Gasteiger charge is -2.17. The average Bonchev–Trinajstić information content (AvgIpc) is 2.76. The first-order valence-electron chi connectivity index (χ1n) is 12.5. The van der Waals surface area contributed by atoms with Crippen LogP contribution in [0.3, 0.4) is 0 Å². The first-order chi connectivity index (χ1) is 15.7. The van der Waals surface area contributed by atoms with Gasteiger partial charge in [-0.1, -0.05) is 71.1 Å². The maximum absolute atomic E-state index is 11.8. The Bertz CT molecular complexity index is 519. The highest BCUT2D eigenvalue weighted by molar-refractivity contribution is 7.85. The molecule has 10 heteroatoms. The maximum atomic E-state index is 11.8. The number of carbonyl (C=O) groups is 1. The molecule has 0 saturated heterocycles. The van der Waals surface area contributed by atoms with E-state index < -0.39 is 15.9 Å². The Morgan fingerprint density at radius 2 is 1.09 bits per heavy atom. The summed E-state index contributed by atoms with van der Waals surface area (Å²) in [5, 5.41) is 25.5. The molecule has 0 rings (SSSR count). The minimum atomic E-state index is -3.99. The fraction of sp³-hybridized carbons (Fsp3) is 0.957. The summed E-state index contributed by atoms with van der Waals surface area (Å²) in [5.74, 6) is -0.447. The van der Waals surface area contributed by atoms with E-state index in [1.54, 1.807) is 11.9 Å². The van der Waals surface area contributed by atoms with Crippen molar-refractivity contribution in [2.24, 2.45) is 0 Å². The Morgan fingerprint density at radius 3 is 1.45 bits per heavy atom. The second kappa shape index (κ2) is 24.3. The third-order valence-corrected chi connectivity index (χ3v) is 6.05. The van der Waals surface area contributed by atoms with Gasteiger partial charge in [0.2, 0.25) is 5.91 Å². The van der Waals surface area contributed by atoms with E-state index in [9.17, 15) is 13.2 Å². The Labute approximate surface area is 201 Å². The van der Waals surface area contributed by atoms with E-state index in [-0.39, 0.29) is 32.3 Å². The van der Waals surface area contributed by atoms with E-state index in [2.05, 4.69) is 6.92 Å². The van der Waals surface area contributed by atoms with Crippen molar-refractivity contribution in [2.75, 3.05) is 58.8 Å². The van der Waals surface area contributed by atoms with E-state index in [4.69, 9.17) is 19.9 Å². The van der Waals surface area contributed by atoms with Gasteiger partial charge in [0.1, 0.15) is 0 Å². The lowest BCUT2D eigenvalue weighted by atomic mass is 10.1. The molecular formula is C23H50N2O7S. The third kappa shape index (κ3) is 27.3. The molecule has 0 aromatic carbocycles. The normalized spacial score (nSPS) is 11.4. The zero-order valence-electron chi connectivity index (χ0n) is 21.0. The molecule has 0 spiro atoms. The standard InChI is InChI=1S/C17H35NO4S.C6H15NO3/c1-3-4-5-6-7-8-9-10-11-12-13-14-17(19)18(2)15-16-23(20,21)22;8-4-1-7(2-5-9)3-6-10/h3-16H2,1-2H3,(H,20,21,22);8-10H,1-6H2. The van der Waals surface area contributed by atoms with Gasteiger partial charge < -0.3 is 20.2 Å². The largest absolute Gasteiger partial charge is 0.395 e. The zero-order chi connectivity index (χ0) is 25.4. The van der Waals surface area contributed by atoms with Crippen LogP contribution in [0.5, 0.6) is 0 Å². The first-order valence-corrected chi connectivity index (χ1v) is 14.1. The minimum absolute atomic E-state index is 0.0513. The topological polar surface area (TPSA) is 139 Å². The van der Waals surface area contributed by atoms with Crippen LogP contribution >= 0.6 is 0 Å². The van der Waals surface area contributed by atoms with Gasteiger partial charge in [0, 0.05) is 39.6 Å². The van der Waals surface area contributed by atoms with Gasteiger partial charge in [-0.25, -0.2) is 0 Å². The van der Waals surface area contributed by atoms with Crippen LogP contribution in [0.25, 0.3) is 0 Å². The molecule has 200 valence electrons. The van der Waals surface area contributed by atoms with E-state index in [0.717, 1.165) is 19.3 Å². The summed E-state index contributed by atoms with van der Waals surface area (Å²) in [7, 11) is -2.42. The summed E-state index contributed by atoms with van der Waals surface area (Å²) in [6.45, 7) is 4.04. The molecule has 1 amide bonds. The molecule has 0 aromatic rings. The molecule has 9 nitrogen and oxygen atoms in total. The van der Waals surface area contributed by atoms with Crippen LogP contribution < -0.4 is 0 Å². The smallest absolute Gasteiger partial charge is 0.266 e. The summed E-state index contributed by atoms with van der Waals surface area (Å²) in [6.07, 6.45) is 14.1. The summed E-state index contributed by atoms with van der Waals surface area (Å²) < 4.78 is 29.9. The number of nitrogens with zero attached hydrogens (tertiary/aromatic N) is 2. The number of aliphatic hydroxyl groups is 3. The van der Waals surface area contributed by atoms with Crippen LogP contribution in [0.2, 0.25) is 0 Å². The van der Waals surface area contributed by atoms with Crippen molar-refractivity contribution in [2.45, 2.75) is 84.0 Å². The lowest BCUT2D eigenvalue weighted by Crippen LogP contribution is -2.32. The maximum Gasteiger partial charge on any atom is 0.266 e. The van der Waals surface area contributed by atoms with Crippen LogP contribution in [0.1, 0.15) is 84.0 Å². The van der Waals surface area contributed by atoms with E-state index >= 15 is 0 Å². The van der Waals surface area contributed by atoms with Crippen molar-refractivity contribution in [3.05, 3.63) is 0 Å². The third-order valence-electron chi connectivity index (χ3n) is 5.35. The van der Waals surface area contributed by atoms with E-state index in [0.29, 0.717) is 26.1 Å². The predicted molar refractivity (Wildman–Crippen MR) is 133 cm³/mol. The van der Waals surface area contributed by atoms with E-state index in [1.807, 2.05) is 0 Å². The molecule has 0 atom stereocenters. The molecule has 0 fully saturated rings. The van der Waals surface area contributed by atoms with Crippen LogP contribution in [-0.4, -0.2) is 103 Å². The minimum Gasteiger partial charge on any atom is -0.395 e. The highest BCUT2D eigenvalue weighted by atomic mass is 32.2. The quantitative estimate of drug-likeness (QED) is 0.140. The molecule has 4 N–H and O–H groups in total. The molecule has 0 aliphatic heterocycles. The van der Waals surface area contributed by atoms with Gasteiger partial charge in [0.05, 0.1) is 25.6 Å². The van der Waals surface area contributed by atoms with Crippen LogP contribution in [0.4, 0.5) is 0 Å². The summed E-state index contributed by atoms with van der Waals surface area (Å²) >= 11 is 0. The second-order valence-electron chi connectivity index (χ2n) is 8.40. The monoisotopic (exact) mass is 498 g/mol. The van der Waals surface area contributed by atoms with Gasteiger partial charge in [-0.3, -0.25) is 14.2 Å². The van der Waals surface area contributed by atoms with Crippen LogP contribution in [0.15, 0.2) is 0 Å². The number of rotatable bonds is 21. The Morgan fingerprint density at radius 1 is 0.697 bits per heavy atom. The van der Waals surface area contributed by atoms with E-state index in [1.165, 1.54) is 56.3 Å². The van der Waals surface area contributed by atoms with Crippen molar-refractivity contribution in [3.8, 4) is 0 Å². The molecule has 0 heterocycles. The van der Waals surface area contributed by atoms with Gasteiger partial charge in [-0.15, -0.1) is 0 Å². The van der Waals surface area contributed by atoms with Gasteiger partial charge in [0.15, 0.2) is 0 Å². The molecule has 0 aliphatic carbocycles.